The highest BCUT2D eigenvalue weighted by molar-refractivity contribution is 6.83. The van der Waals surface area contributed by atoms with Crippen LogP contribution in [0.1, 0.15) is 60.5 Å². The number of hydrogen-bond donors (Lipinski definition) is 0. The molecule has 1 saturated heterocycles. The smallest absolute Gasteiger partial charge is 0.225 e. The highest BCUT2D eigenvalue weighted by Gasteiger charge is 2.55. The summed E-state index contributed by atoms with van der Waals surface area (Å²) < 4.78 is 18.1. The molecule has 0 N–H and O–H groups in total. The Labute approximate surface area is 180 Å². The average molecular weight is 419 g/mol. The van der Waals surface area contributed by atoms with Gasteiger partial charge in [0.1, 0.15) is 5.75 Å². The normalized spacial score (nSPS) is 23.6. The van der Waals surface area contributed by atoms with Gasteiger partial charge in [0, 0.05) is 12.5 Å². The van der Waals surface area contributed by atoms with Crippen molar-refractivity contribution in [3.63, 3.8) is 0 Å². The molecule has 4 atom stereocenters. The molecule has 1 aliphatic rings. The van der Waals surface area contributed by atoms with Gasteiger partial charge in [0.05, 0.1) is 19.8 Å². The second-order valence-electron chi connectivity index (χ2n) is 9.68. The van der Waals surface area contributed by atoms with Crippen molar-refractivity contribution in [3.8, 4) is 5.75 Å². The molecule has 3 nitrogen and oxygen atoms in total. The van der Waals surface area contributed by atoms with Crippen LogP contribution in [0.2, 0.25) is 11.1 Å². The van der Waals surface area contributed by atoms with E-state index < -0.39 is 8.32 Å². The largest absolute Gasteiger partial charge is 0.497 e. The molecule has 0 amide bonds. The molecule has 0 spiro atoms. The van der Waals surface area contributed by atoms with Crippen LogP contribution in [0.4, 0.5) is 0 Å². The van der Waals surface area contributed by atoms with E-state index in [0.717, 1.165) is 18.8 Å². The first-order valence-corrected chi connectivity index (χ1v) is 13.3. The lowest BCUT2D eigenvalue weighted by Gasteiger charge is -2.36. The lowest BCUT2D eigenvalue weighted by atomic mass is 9.87. The molecule has 0 aromatic heterocycles. The van der Waals surface area contributed by atoms with Gasteiger partial charge in [-0.25, -0.2) is 0 Å². The van der Waals surface area contributed by atoms with E-state index in [-0.39, 0.29) is 0 Å². The molecule has 0 radical (unpaired) electrons. The minimum atomic E-state index is -1.94. The number of ether oxygens (including phenoxy) is 2. The minimum Gasteiger partial charge on any atom is -0.497 e. The maximum Gasteiger partial charge on any atom is 0.225 e. The summed E-state index contributed by atoms with van der Waals surface area (Å²) in [7, 11) is -0.256. The number of benzene rings is 1. The fourth-order valence-corrected chi connectivity index (χ4v) is 10.5. The van der Waals surface area contributed by atoms with E-state index in [1.165, 1.54) is 10.8 Å². The fourth-order valence-electron chi connectivity index (χ4n) is 5.18. The van der Waals surface area contributed by atoms with Gasteiger partial charge in [0.15, 0.2) is 0 Å². The van der Waals surface area contributed by atoms with Gasteiger partial charge in [-0.1, -0.05) is 65.8 Å². The van der Waals surface area contributed by atoms with Crippen LogP contribution in [0.5, 0.6) is 5.75 Å². The van der Waals surface area contributed by atoms with Crippen LogP contribution in [-0.2, 0) is 15.8 Å². The van der Waals surface area contributed by atoms with Crippen LogP contribution >= 0.6 is 0 Å². The van der Waals surface area contributed by atoms with Crippen molar-refractivity contribution >= 4 is 8.32 Å². The van der Waals surface area contributed by atoms with E-state index in [0.29, 0.717) is 41.5 Å². The van der Waals surface area contributed by atoms with Crippen molar-refractivity contribution in [2.45, 2.75) is 78.7 Å². The maximum absolute atomic E-state index is 6.94. The third-order valence-electron chi connectivity index (χ3n) is 6.76. The van der Waals surface area contributed by atoms with Crippen LogP contribution in [0.25, 0.3) is 0 Å². The highest BCUT2D eigenvalue weighted by atomic mass is 28.4. The van der Waals surface area contributed by atoms with Crippen LogP contribution in [0.3, 0.4) is 0 Å². The Morgan fingerprint density at radius 1 is 1.03 bits per heavy atom. The summed E-state index contributed by atoms with van der Waals surface area (Å²) in [6.45, 7) is 22.2. The molecule has 4 heteroatoms. The first kappa shape index (κ1) is 24.2. The molecule has 1 fully saturated rings. The molecular weight excluding hydrogens is 376 g/mol. The molecule has 0 saturated carbocycles. The maximum atomic E-state index is 6.94. The predicted molar refractivity (Wildman–Crippen MR) is 125 cm³/mol. The van der Waals surface area contributed by atoms with Crippen LogP contribution < -0.4 is 4.74 Å². The predicted octanol–water partition coefficient (Wildman–Crippen LogP) is 6.77. The Balaban J connectivity index is 1.88. The molecule has 1 aromatic carbocycles. The Bertz CT molecular complexity index is 645. The zero-order valence-electron chi connectivity index (χ0n) is 19.8. The quantitative estimate of drug-likeness (QED) is 0.392. The number of rotatable bonds is 10. The van der Waals surface area contributed by atoms with Gasteiger partial charge in [0.2, 0.25) is 8.32 Å². The van der Waals surface area contributed by atoms with Crippen molar-refractivity contribution in [2.75, 3.05) is 13.7 Å². The zero-order valence-corrected chi connectivity index (χ0v) is 20.8. The Hall–Kier alpha value is -1.10. The molecule has 0 bridgehead atoms. The molecular formula is C25H42O3Si. The monoisotopic (exact) mass is 418 g/mol. The van der Waals surface area contributed by atoms with E-state index in [1.54, 1.807) is 7.11 Å². The van der Waals surface area contributed by atoms with Gasteiger partial charge in [-0.15, -0.1) is 6.58 Å². The zero-order chi connectivity index (χ0) is 21.8. The first-order chi connectivity index (χ1) is 13.6. The lowest BCUT2D eigenvalue weighted by molar-refractivity contribution is 0.0627. The van der Waals surface area contributed by atoms with Crippen LogP contribution in [0, 0.1) is 17.8 Å². The molecule has 1 heterocycles. The summed E-state index contributed by atoms with van der Waals surface area (Å²) in [5, 5.41) is 1.42. The summed E-state index contributed by atoms with van der Waals surface area (Å²) >= 11 is 0. The van der Waals surface area contributed by atoms with E-state index in [9.17, 15) is 0 Å². The molecule has 1 aromatic rings. The third kappa shape index (κ3) is 5.34. The SMILES string of the molecule is C=C1[C@H](C)[C@@H]([C@@H](C)C[C@@H](C)COCc2ccc(OC)cc2)O[Si]1(C(C)C)C(C)C. The number of methoxy groups -OCH3 is 1. The van der Waals surface area contributed by atoms with Crippen molar-refractivity contribution in [2.24, 2.45) is 17.8 Å². The van der Waals surface area contributed by atoms with Crippen molar-refractivity contribution in [3.05, 3.63) is 41.6 Å². The standard InChI is InChI=1S/C25H42O3Si/c1-17(2)29(18(3)4)22(8)21(7)25(28-29)20(6)14-19(5)15-27-16-23-10-12-24(26-9)13-11-23/h10-13,17-21,25H,8,14-16H2,1-7,9H3/t19-,20+,21+,25-/m1/s1. The average Bonchev–Trinajstić information content (AvgIpc) is 2.95. The Morgan fingerprint density at radius 3 is 2.10 bits per heavy atom. The van der Waals surface area contributed by atoms with E-state index in [2.05, 4.69) is 67.2 Å². The molecule has 164 valence electrons. The fraction of sp³-hybridized carbons (Fsp3) is 0.680. The van der Waals surface area contributed by atoms with E-state index >= 15 is 0 Å². The van der Waals surface area contributed by atoms with E-state index in [4.69, 9.17) is 13.9 Å². The van der Waals surface area contributed by atoms with E-state index in [1.807, 2.05) is 12.1 Å². The highest BCUT2D eigenvalue weighted by Crippen LogP contribution is 2.50. The topological polar surface area (TPSA) is 27.7 Å². The summed E-state index contributed by atoms with van der Waals surface area (Å²) in [6.07, 6.45) is 1.41. The molecule has 1 aliphatic heterocycles. The van der Waals surface area contributed by atoms with Gasteiger partial charge in [-0.2, -0.15) is 0 Å². The van der Waals surface area contributed by atoms with Crippen molar-refractivity contribution in [1.82, 2.24) is 0 Å². The summed E-state index contributed by atoms with van der Waals surface area (Å²) in [4.78, 5) is 0. The van der Waals surface area contributed by atoms with Crippen molar-refractivity contribution in [1.29, 1.82) is 0 Å². The molecule has 29 heavy (non-hydrogen) atoms. The Kier molecular flexibility index (Phi) is 8.56. The second kappa shape index (κ2) is 10.3. The van der Waals surface area contributed by atoms with Gasteiger partial charge in [-0.05, 0) is 47.0 Å². The molecule has 2 rings (SSSR count). The van der Waals surface area contributed by atoms with Gasteiger partial charge in [-0.3, -0.25) is 0 Å². The molecule has 0 aliphatic carbocycles. The first-order valence-electron chi connectivity index (χ1n) is 11.2. The van der Waals surface area contributed by atoms with Gasteiger partial charge >= 0.3 is 0 Å². The van der Waals surface area contributed by atoms with Crippen LogP contribution in [0.15, 0.2) is 36.0 Å². The molecule has 0 unspecified atom stereocenters. The van der Waals surface area contributed by atoms with Crippen molar-refractivity contribution < 1.29 is 13.9 Å². The summed E-state index contributed by atoms with van der Waals surface area (Å²) in [5.41, 5.74) is 2.32. The number of hydrogen-bond acceptors (Lipinski definition) is 3. The Morgan fingerprint density at radius 2 is 1.62 bits per heavy atom. The summed E-state index contributed by atoms with van der Waals surface area (Å²) in [6, 6.07) is 8.09. The van der Waals surface area contributed by atoms with Gasteiger partial charge in [0.25, 0.3) is 0 Å². The summed E-state index contributed by atoms with van der Waals surface area (Å²) in [5.74, 6) is 2.34. The second-order valence-corrected chi connectivity index (χ2v) is 14.5. The minimum absolute atomic E-state index is 0.294. The lowest BCUT2D eigenvalue weighted by Crippen LogP contribution is -2.44. The third-order valence-corrected chi connectivity index (χ3v) is 12.3. The van der Waals surface area contributed by atoms with Crippen LogP contribution in [-0.4, -0.2) is 28.1 Å². The van der Waals surface area contributed by atoms with Gasteiger partial charge < -0.3 is 13.9 Å².